The number of carbonyl (C=O) groups is 3. The van der Waals surface area contributed by atoms with Crippen LogP contribution in [0.4, 0.5) is 0 Å². The third kappa shape index (κ3) is 4.57. The van der Waals surface area contributed by atoms with Crippen LogP contribution in [-0.2, 0) is 19.1 Å². The average molecular weight is 188 g/mol. The number of hydrogen-bond acceptors (Lipinski definition) is 4. The van der Waals surface area contributed by atoms with E-state index in [-0.39, 0.29) is 0 Å². The zero-order valence-corrected chi connectivity index (χ0v) is 6.81. The number of rotatable bonds is 4. The van der Waals surface area contributed by atoms with Crippen LogP contribution in [0.5, 0.6) is 0 Å². The molecule has 0 aliphatic carbocycles. The Labute approximate surface area is 73.4 Å². The molecular formula is C7H8O6. The lowest BCUT2D eigenvalue weighted by molar-refractivity contribution is -0.142. The molecule has 2 N–H and O–H groups in total. The Bertz CT molecular complexity index is 264. The molecule has 0 bridgehead atoms. The summed E-state index contributed by atoms with van der Waals surface area (Å²) < 4.78 is 4.18. The Morgan fingerprint density at radius 1 is 1.31 bits per heavy atom. The quantitative estimate of drug-likeness (QED) is 0.461. The highest BCUT2D eigenvalue weighted by molar-refractivity contribution is 5.98. The van der Waals surface area contributed by atoms with E-state index >= 15 is 0 Å². The summed E-state index contributed by atoms with van der Waals surface area (Å²) in [6.45, 7) is 0. The van der Waals surface area contributed by atoms with E-state index in [9.17, 15) is 14.4 Å². The second kappa shape index (κ2) is 4.91. The molecule has 0 fully saturated rings. The topological polar surface area (TPSA) is 101 Å². The molecule has 0 spiro atoms. The summed E-state index contributed by atoms with van der Waals surface area (Å²) in [5, 5.41) is 16.7. The summed E-state index contributed by atoms with van der Waals surface area (Å²) in [5.74, 6) is -3.66. The van der Waals surface area contributed by atoms with E-state index in [1.54, 1.807) is 0 Å². The minimum Gasteiger partial charge on any atom is -0.478 e. The van der Waals surface area contributed by atoms with Crippen LogP contribution in [0.3, 0.4) is 0 Å². The Morgan fingerprint density at radius 2 is 1.85 bits per heavy atom. The Balaban J connectivity index is 4.54. The monoisotopic (exact) mass is 188 g/mol. The Morgan fingerprint density at radius 3 is 2.15 bits per heavy atom. The molecule has 0 rings (SSSR count). The first-order chi connectivity index (χ1) is 5.97. The van der Waals surface area contributed by atoms with Gasteiger partial charge in [0.2, 0.25) is 0 Å². The number of carbonyl (C=O) groups excluding carboxylic acids is 1. The molecule has 0 heterocycles. The van der Waals surface area contributed by atoms with Gasteiger partial charge in [0.05, 0.1) is 19.1 Å². The minimum atomic E-state index is -1.45. The molecule has 13 heavy (non-hydrogen) atoms. The lowest BCUT2D eigenvalue weighted by Crippen LogP contribution is -2.10. The molecule has 0 aromatic carbocycles. The molecule has 72 valence electrons. The highest BCUT2D eigenvalue weighted by atomic mass is 16.5. The van der Waals surface area contributed by atoms with Gasteiger partial charge in [-0.1, -0.05) is 0 Å². The van der Waals surface area contributed by atoms with Gasteiger partial charge in [0.15, 0.2) is 0 Å². The first-order valence-electron chi connectivity index (χ1n) is 3.21. The number of ether oxygens (including phenoxy) is 1. The summed E-state index contributed by atoms with van der Waals surface area (Å²) in [6.07, 6.45) is -0.0998. The van der Waals surface area contributed by atoms with Gasteiger partial charge in [0.1, 0.15) is 0 Å². The van der Waals surface area contributed by atoms with E-state index < -0.39 is 29.9 Å². The van der Waals surface area contributed by atoms with Gasteiger partial charge < -0.3 is 14.9 Å². The molecule has 6 heteroatoms. The van der Waals surface area contributed by atoms with E-state index in [0.717, 1.165) is 7.11 Å². The minimum absolute atomic E-state index is 0.458. The molecule has 0 aromatic heterocycles. The van der Waals surface area contributed by atoms with Crippen molar-refractivity contribution >= 4 is 17.9 Å². The summed E-state index contributed by atoms with van der Waals surface area (Å²) in [7, 11) is 1.09. The molecule has 0 radical (unpaired) electrons. The Kier molecular flexibility index (Phi) is 4.21. The molecular weight excluding hydrogens is 180 g/mol. The van der Waals surface area contributed by atoms with Crippen molar-refractivity contribution in [2.24, 2.45) is 0 Å². The largest absolute Gasteiger partial charge is 0.478 e. The molecule has 0 unspecified atom stereocenters. The van der Waals surface area contributed by atoms with Gasteiger partial charge in [-0.05, 0) is 0 Å². The van der Waals surface area contributed by atoms with E-state index in [1.807, 2.05) is 0 Å². The molecule has 0 saturated carbocycles. The van der Waals surface area contributed by atoms with Gasteiger partial charge in [-0.2, -0.15) is 0 Å². The zero-order chi connectivity index (χ0) is 10.4. The van der Waals surface area contributed by atoms with Gasteiger partial charge in [-0.15, -0.1) is 0 Å². The third-order valence-electron chi connectivity index (χ3n) is 1.13. The van der Waals surface area contributed by atoms with E-state index in [2.05, 4.69) is 4.74 Å². The number of aliphatic carboxylic acids is 2. The smallest absolute Gasteiger partial charge is 0.332 e. The fourth-order valence-electron chi connectivity index (χ4n) is 0.565. The highest BCUT2D eigenvalue weighted by Gasteiger charge is 2.14. The van der Waals surface area contributed by atoms with Crippen molar-refractivity contribution in [2.45, 2.75) is 6.42 Å². The van der Waals surface area contributed by atoms with E-state index in [1.165, 1.54) is 0 Å². The number of methoxy groups -OCH3 is 1. The number of esters is 1. The summed E-state index contributed by atoms with van der Waals surface area (Å²) >= 11 is 0. The predicted molar refractivity (Wildman–Crippen MR) is 40.0 cm³/mol. The van der Waals surface area contributed by atoms with Crippen molar-refractivity contribution in [1.82, 2.24) is 0 Å². The first kappa shape index (κ1) is 11.2. The van der Waals surface area contributed by atoms with Crippen molar-refractivity contribution in [1.29, 1.82) is 0 Å². The standard InChI is InChI=1S/C7H8O6/c1-13-6(10)3-4(7(11)12)2-5(8)9/h2H,3H2,1H3,(H,8,9)(H,11,12)/b4-2-. The molecule has 0 aliphatic rings. The molecule has 0 aliphatic heterocycles. The van der Waals surface area contributed by atoms with Crippen LogP contribution >= 0.6 is 0 Å². The lowest BCUT2D eigenvalue weighted by Gasteiger charge is -1.98. The highest BCUT2D eigenvalue weighted by Crippen LogP contribution is 2.02. The van der Waals surface area contributed by atoms with Crippen molar-refractivity contribution in [3.63, 3.8) is 0 Å². The van der Waals surface area contributed by atoms with E-state index in [4.69, 9.17) is 10.2 Å². The molecule has 6 nitrogen and oxygen atoms in total. The maximum atomic E-state index is 10.6. The first-order valence-corrected chi connectivity index (χ1v) is 3.21. The third-order valence-corrected chi connectivity index (χ3v) is 1.13. The molecule has 0 atom stereocenters. The zero-order valence-electron chi connectivity index (χ0n) is 6.81. The SMILES string of the molecule is COC(=O)C/C(=C/C(=O)O)C(=O)O. The van der Waals surface area contributed by atoms with Crippen molar-refractivity contribution < 1.29 is 29.3 Å². The van der Waals surface area contributed by atoms with Gasteiger partial charge in [0.25, 0.3) is 0 Å². The van der Waals surface area contributed by atoms with Gasteiger partial charge >= 0.3 is 17.9 Å². The van der Waals surface area contributed by atoms with Gasteiger partial charge in [-0.25, -0.2) is 9.59 Å². The predicted octanol–water partition coefficient (Wildman–Crippen LogP) is -0.355. The summed E-state index contributed by atoms with van der Waals surface area (Å²) in [6, 6.07) is 0. The molecule has 0 amide bonds. The van der Waals surface area contributed by atoms with Crippen LogP contribution in [0.1, 0.15) is 6.42 Å². The Hall–Kier alpha value is -1.85. The maximum Gasteiger partial charge on any atom is 0.332 e. The second-order valence-corrected chi connectivity index (χ2v) is 2.07. The van der Waals surface area contributed by atoms with Crippen LogP contribution in [0.2, 0.25) is 0 Å². The average Bonchev–Trinajstić information content (AvgIpc) is 2.02. The fraction of sp³-hybridized carbons (Fsp3) is 0.286. The van der Waals surface area contributed by atoms with Crippen LogP contribution < -0.4 is 0 Å². The second-order valence-electron chi connectivity index (χ2n) is 2.07. The number of hydrogen-bond donors (Lipinski definition) is 2. The van der Waals surface area contributed by atoms with Crippen LogP contribution in [0, 0.1) is 0 Å². The lowest BCUT2D eigenvalue weighted by atomic mass is 10.2. The normalized spacial score (nSPS) is 10.7. The van der Waals surface area contributed by atoms with Gasteiger partial charge in [0, 0.05) is 6.08 Å². The summed E-state index contributed by atoms with van der Waals surface area (Å²) in [5.41, 5.74) is -0.514. The van der Waals surface area contributed by atoms with Crippen molar-refractivity contribution in [3.05, 3.63) is 11.6 Å². The number of carboxylic acids is 2. The fourth-order valence-corrected chi connectivity index (χ4v) is 0.565. The molecule has 0 saturated heterocycles. The van der Waals surface area contributed by atoms with Crippen LogP contribution in [0.15, 0.2) is 11.6 Å². The van der Waals surface area contributed by atoms with Gasteiger partial charge in [-0.3, -0.25) is 4.79 Å². The summed E-state index contributed by atoms with van der Waals surface area (Å²) in [4.78, 5) is 31.0. The van der Waals surface area contributed by atoms with E-state index in [0.29, 0.717) is 6.08 Å². The number of carboxylic acid groups (broad SMARTS) is 2. The van der Waals surface area contributed by atoms with Crippen LogP contribution in [0.25, 0.3) is 0 Å². The van der Waals surface area contributed by atoms with Crippen molar-refractivity contribution in [2.75, 3.05) is 7.11 Å². The maximum absolute atomic E-state index is 10.6. The molecule has 0 aromatic rings. The van der Waals surface area contributed by atoms with Crippen LogP contribution in [-0.4, -0.2) is 35.2 Å². The van der Waals surface area contributed by atoms with Crippen molar-refractivity contribution in [3.8, 4) is 0 Å².